The van der Waals surface area contributed by atoms with Crippen LogP contribution in [-0.2, 0) is 0 Å². The number of carbonyl (C=O) groups is 1. The molecule has 1 N–H and O–H groups in total. The molecular formula is C18H17ClN6O. The van der Waals surface area contributed by atoms with Gasteiger partial charge in [0.2, 0.25) is 0 Å². The van der Waals surface area contributed by atoms with Gasteiger partial charge in [-0.05, 0) is 30.3 Å². The first-order valence-electron chi connectivity index (χ1n) is 8.32. The number of rotatable bonds is 3. The Hall–Kier alpha value is -2.93. The number of carbonyl (C=O) groups excluding carboxylic acids is 1. The molecule has 0 atom stereocenters. The Labute approximate surface area is 155 Å². The lowest BCUT2D eigenvalue weighted by Crippen LogP contribution is -2.49. The molecule has 0 aliphatic carbocycles. The van der Waals surface area contributed by atoms with Gasteiger partial charge in [-0.2, -0.15) is 5.10 Å². The van der Waals surface area contributed by atoms with Crippen molar-refractivity contribution < 1.29 is 4.79 Å². The predicted molar refractivity (Wildman–Crippen MR) is 99.2 cm³/mol. The lowest BCUT2D eigenvalue weighted by molar-refractivity contribution is 0.0740. The molecule has 0 saturated carbocycles. The normalized spacial score (nSPS) is 14.5. The summed E-state index contributed by atoms with van der Waals surface area (Å²) in [5, 5.41) is 7.71. The number of hydrogen-bond donors (Lipinski definition) is 1. The van der Waals surface area contributed by atoms with Gasteiger partial charge in [0.1, 0.15) is 11.5 Å². The molecule has 1 amide bonds. The Morgan fingerprint density at radius 1 is 1.08 bits per heavy atom. The first kappa shape index (κ1) is 16.5. The summed E-state index contributed by atoms with van der Waals surface area (Å²) in [7, 11) is 0. The van der Waals surface area contributed by atoms with Crippen LogP contribution in [0.5, 0.6) is 0 Å². The average molecular weight is 369 g/mol. The zero-order chi connectivity index (χ0) is 17.9. The number of piperazine rings is 1. The summed E-state index contributed by atoms with van der Waals surface area (Å²) >= 11 is 5.88. The van der Waals surface area contributed by atoms with Gasteiger partial charge in [0, 0.05) is 50.3 Å². The highest BCUT2D eigenvalue weighted by atomic mass is 35.5. The second kappa shape index (κ2) is 7.13. The molecule has 0 aromatic carbocycles. The van der Waals surface area contributed by atoms with Crippen LogP contribution in [0.4, 0.5) is 5.82 Å². The van der Waals surface area contributed by atoms with Crippen molar-refractivity contribution in [3.8, 4) is 11.3 Å². The number of aromatic amines is 1. The standard InChI is InChI=1S/C18H17ClN6O/c19-14-1-2-17(21-12-14)24-7-9-25(10-8-24)18(26)16-11-15(22-23-16)13-3-5-20-6-4-13/h1-6,11-12H,7-10H2,(H,22,23). The largest absolute Gasteiger partial charge is 0.353 e. The Bertz CT molecular complexity index is 888. The molecule has 0 unspecified atom stereocenters. The van der Waals surface area contributed by atoms with E-state index in [1.54, 1.807) is 24.7 Å². The molecule has 1 aliphatic heterocycles. The average Bonchev–Trinajstić information content (AvgIpc) is 3.19. The smallest absolute Gasteiger partial charge is 0.272 e. The van der Waals surface area contributed by atoms with Crippen LogP contribution in [0.3, 0.4) is 0 Å². The molecule has 1 saturated heterocycles. The molecule has 3 aromatic rings. The summed E-state index contributed by atoms with van der Waals surface area (Å²) in [5.74, 6) is 0.838. The van der Waals surface area contributed by atoms with E-state index >= 15 is 0 Å². The van der Waals surface area contributed by atoms with E-state index in [-0.39, 0.29) is 5.91 Å². The molecule has 7 nitrogen and oxygen atoms in total. The van der Waals surface area contributed by atoms with Gasteiger partial charge in [0.15, 0.2) is 0 Å². The Morgan fingerprint density at radius 2 is 1.85 bits per heavy atom. The number of hydrogen-bond acceptors (Lipinski definition) is 5. The molecule has 0 spiro atoms. The summed E-state index contributed by atoms with van der Waals surface area (Å²) in [6.45, 7) is 2.72. The van der Waals surface area contributed by atoms with Crippen LogP contribution in [0.1, 0.15) is 10.5 Å². The van der Waals surface area contributed by atoms with Crippen LogP contribution in [0.25, 0.3) is 11.3 Å². The molecule has 26 heavy (non-hydrogen) atoms. The van der Waals surface area contributed by atoms with Gasteiger partial charge in [-0.1, -0.05) is 11.6 Å². The van der Waals surface area contributed by atoms with Gasteiger partial charge in [0.05, 0.1) is 10.7 Å². The predicted octanol–water partition coefficient (Wildman–Crippen LogP) is 2.48. The fourth-order valence-corrected chi connectivity index (χ4v) is 3.08. The Balaban J connectivity index is 1.41. The SMILES string of the molecule is O=C(c1cc(-c2ccncc2)n[nH]1)N1CCN(c2ccc(Cl)cn2)CC1. The van der Waals surface area contributed by atoms with Gasteiger partial charge in [-0.25, -0.2) is 4.98 Å². The van der Waals surface area contributed by atoms with Crippen molar-refractivity contribution in [3.05, 3.63) is 59.6 Å². The molecule has 4 rings (SSSR count). The maximum Gasteiger partial charge on any atom is 0.272 e. The van der Waals surface area contributed by atoms with Gasteiger partial charge >= 0.3 is 0 Å². The summed E-state index contributed by atoms with van der Waals surface area (Å²) in [6, 6.07) is 9.23. The fourth-order valence-electron chi connectivity index (χ4n) is 2.97. The van der Waals surface area contributed by atoms with E-state index < -0.39 is 0 Å². The first-order valence-corrected chi connectivity index (χ1v) is 8.70. The fraction of sp³-hybridized carbons (Fsp3) is 0.222. The number of H-pyrrole nitrogens is 1. The minimum atomic E-state index is -0.0403. The second-order valence-corrected chi connectivity index (χ2v) is 6.45. The number of pyridine rings is 2. The van der Waals surface area contributed by atoms with E-state index in [1.807, 2.05) is 29.2 Å². The molecule has 3 aromatic heterocycles. The number of nitrogens with zero attached hydrogens (tertiary/aromatic N) is 5. The highest BCUT2D eigenvalue weighted by molar-refractivity contribution is 6.30. The number of halogens is 1. The molecule has 132 valence electrons. The van der Waals surface area contributed by atoms with Crippen LogP contribution in [0.2, 0.25) is 5.02 Å². The topological polar surface area (TPSA) is 78.0 Å². The number of anilines is 1. The van der Waals surface area contributed by atoms with Crippen molar-refractivity contribution in [2.24, 2.45) is 0 Å². The first-order chi connectivity index (χ1) is 12.7. The molecular weight excluding hydrogens is 352 g/mol. The lowest BCUT2D eigenvalue weighted by Gasteiger charge is -2.35. The summed E-state index contributed by atoms with van der Waals surface area (Å²) in [6.07, 6.45) is 5.05. The molecule has 0 bridgehead atoms. The number of amides is 1. The van der Waals surface area contributed by atoms with E-state index in [4.69, 9.17) is 11.6 Å². The van der Waals surface area contributed by atoms with Crippen molar-refractivity contribution in [1.29, 1.82) is 0 Å². The monoisotopic (exact) mass is 368 g/mol. The molecule has 0 radical (unpaired) electrons. The quantitative estimate of drug-likeness (QED) is 0.768. The zero-order valence-corrected chi connectivity index (χ0v) is 14.7. The van der Waals surface area contributed by atoms with Crippen molar-refractivity contribution in [2.75, 3.05) is 31.1 Å². The van der Waals surface area contributed by atoms with Crippen LogP contribution < -0.4 is 4.90 Å². The van der Waals surface area contributed by atoms with Crippen LogP contribution >= 0.6 is 11.6 Å². The van der Waals surface area contributed by atoms with Gasteiger partial charge in [-0.3, -0.25) is 14.9 Å². The molecule has 8 heteroatoms. The number of aromatic nitrogens is 4. The van der Waals surface area contributed by atoms with E-state index in [1.165, 1.54) is 0 Å². The van der Waals surface area contributed by atoms with E-state index in [2.05, 4.69) is 25.1 Å². The minimum absolute atomic E-state index is 0.0403. The third-order valence-electron chi connectivity index (χ3n) is 4.39. The van der Waals surface area contributed by atoms with Crippen LogP contribution in [0, 0.1) is 0 Å². The number of nitrogens with one attached hydrogen (secondary N) is 1. The maximum atomic E-state index is 12.7. The van der Waals surface area contributed by atoms with Crippen LogP contribution in [0.15, 0.2) is 48.9 Å². The summed E-state index contributed by atoms with van der Waals surface area (Å²) in [5.41, 5.74) is 2.16. The maximum absolute atomic E-state index is 12.7. The Morgan fingerprint density at radius 3 is 2.54 bits per heavy atom. The van der Waals surface area contributed by atoms with Crippen molar-refractivity contribution in [2.45, 2.75) is 0 Å². The molecule has 1 aliphatic rings. The van der Waals surface area contributed by atoms with E-state index in [9.17, 15) is 4.79 Å². The van der Waals surface area contributed by atoms with Crippen molar-refractivity contribution in [3.63, 3.8) is 0 Å². The molecule has 1 fully saturated rings. The van der Waals surface area contributed by atoms with E-state index in [0.717, 1.165) is 30.2 Å². The lowest BCUT2D eigenvalue weighted by atomic mass is 10.2. The zero-order valence-electron chi connectivity index (χ0n) is 14.0. The highest BCUT2D eigenvalue weighted by Gasteiger charge is 2.24. The molecule has 4 heterocycles. The van der Waals surface area contributed by atoms with E-state index in [0.29, 0.717) is 23.8 Å². The minimum Gasteiger partial charge on any atom is -0.353 e. The Kier molecular flexibility index (Phi) is 4.53. The summed E-state index contributed by atoms with van der Waals surface area (Å²) < 4.78 is 0. The third-order valence-corrected chi connectivity index (χ3v) is 4.61. The summed E-state index contributed by atoms with van der Waals surface area (Å²) in [4.78, 5) is 25.0. The van der Waals surface area contributed by atoms with Crippen LogP contribution in [-0.4, -0.2) is 57.2 Å². The highest BCUT2D eigenvalue weighted by Crippen LogP contribution is 2.19. The third kappa shape index (κ3) is 3.39. The second-order valence-electron chi connectivity index (χ2n) is 6.02. The van der Waals surface area contributed by atoms with Crippen molar-refractivity contribution in [1.82, 2.24) is 25.1 Å². The van der Waals surface area contributed by atoms with Gasteiger partial charge in [0.25, 0.3) is 5.91 Å². The van der Waals surface area contributed by atoms with Gasteiger partial charge < -0.3 is 9.80 Å². The van der Waals surface area contributed by atoms with Crippen molar-refractivity contribution >= 4 is 23.3 Å². The van der Waals surface area contributed by atoms with Gasteiger partial charge in [-0.15, -0.1) is 0 Å².